The summed E-state index contributed by atoms with van der Waals surface area (Å²) in [7, 11) is 0. The average molecular weight is 336 g/mol. The highest BCUT2D eigenvalue weighted by atomic mass is 15.0. The summed E-state index contributed by atoms with van der Waals surface area (Å²) >= 11 is 0. The van der Waals surface area contributed by atoms with Gasteiger partial charge in [0, 0.05) is 22.5 Å². The zero-order valence-electron chi connectivity index (χ0n) is 14.5. The van der Waals surface area contributed by atoms with E-state index in [1.54, 1.807) is 0 Å². The number of aromatic nitrogens is 1. The second-order valence-corrected chi connectivity index (χ2v) is 6.83. The van der Waals surface area contributed by atoms with Gasteiger partial charge < -0.3 is 10.3 Å². The maximum Gasteiger partial charge on any atom is 0.0538 e. The molecule has 0 saturated carbocycles. The molecule has 0 fully saturated rings. The molecule has 2 heteroatoms. The molecule has 0 atom stereocenters. The van der Waals surface area contributed by atoms with Gasteiger partial charge in [-0.3, -0.25) is 0 Å². The predicted molar refractivity (Wildman–Crippen MR) is 110 cm³/mol. The number of aryl methyl sites for hydroxylation is 1. The zero-order valence-corrected chi connectivity index (χ0v) is 14.5. The third-order valence-electron chi connectivity index (χ3n) is 5.18. The number of hydrogen-bond donors (Lipinski definition) is 1. The zero-order chi connectivity index (χ0) is 17.5. The van der Waals surface area contributed by atoms with Gasteiger partial charge in [-0.25, -0.2) is 0 Å². The van der Waals surface area contributed by atoms with Crippen molar-refractivity contribution in [2.75, 3.05) is 5.73 Å². The van der Waals surface area contributed by atoms with Crippen molar-refractivity contribution in [1.82, 2.24) is 4.57 Å². The van der Waals surface area contributed by atoms with Crippen LogP contribution in [0.5, 0.6) is 0 Å². The molecule has 3 aromatic carbocycles. The van der Waals surface area contributed by atoms with Gasteiger partial charge >= 0.3 is 0 Å². The lowest BCUT2D eigenvalue weighted by atomic mass is 9.98. The molecule has 0 unspecified atom stereocenters. The van der Waals surface area contributed by atoms with Crippen molar-refractivity contribution in [2.24, 2.45) is 0 Å². The number of rotatable bonds is 2. The molecule has 1 heterocycles. The SMILES string of the molecule is Nc1cccc(-c2ccc3c(c2)c2c(n3-c3ccccc3)C=CCC2)c1. The highest BCUT2D eigenvalue weighted by Gasteiger charge is 2.18. The summed E-state index contributed by atoms with van der Waals surface area (Å²) in [5.74, 6) is 0. The largest absolute Gasteiger partial charge is 0.399 e. The van der Waals surface area contributed by atoms with Crippen LogP contribution in [0.25, 0.3) is 33.8 Å². The van der Waals surface area contributed by atoms with E-state index in [4.69, 9.17) is 5.73 Å². The van der Waals surface area contributed by atoms with E-state index in [-0.39, 0.29) is 0 Å². The molecule has 0 bridgehead atoms. The lowest BCUT2D eigenvalue weighted by Crippen LogP contribution is -1.99. The number of allylic oxidation sites excluding steroid dienone is 1. The number of nitrogens with zero attached hydrogens (tertiary/aromatic N) is 1. The number of nitrogen functional groups attached to an aromatic ring is 1. The first kappa shape index (κ1) is 15.0. The van der Waals surface area contributed by atoms with E-state index < -0.39 is 0 Å². The highest BCUT2D eigenvalue weighted by Crippen LogP contribution is 2.36. The molecule has 4 aromatic rings. The van der Waals surface area contributed by atoms with Crippen molar-refractivity contribution in [3.8, 4) is 16.8 Å². The molecule has 1 aliphatic carbocycles. The molecule has 0 saturated heterocycles. The highest BCUT2D eigenvalue weighted by molar-refractivity contribution is 5.94. The Kier molecular flexibility index (Phi) is 3.42. The molecule has 2 N–H and O–H groups in total. The summed E-state index contributed by atoms with van der Waals surface area (Å²) in [5.41, 5.74) is 14.4. The van der Waals surface area contributed by atoms with Gasteiger partial charge in [-0.05, 0) is 72.0 Å². The van der Waals surface area contributed by atoms with Crippen LogP contribution in [-0.2, 0) is 6.42 Å². The average Bonchev–Trinajstić information content (AvgIpc) is 3.02. The van der Waals surface area contributed by atoms with Crippen molar-refractivity contribution < 1.29 is 0 Å². The van der Waals surface area contributed by atoms with Gasteiger partial charge in [0.15, 0.2) is 0 Å². The smallest absolute Gasteiger partial charge is 0.0538 e. The van der Waals surface area contributed by atoms with E-state index in [1.807, 2.05) is 18.2 Å². The Labute approximate surface area is 153 Å². The quantitative estimate of drug-likeness (QED) is 0.458. The Morgan fingerprint density at radius 1 is 0.808 bits per heavy atom. The Balaban J connectivity index is 1.79. The number of nitrogens with two attached hydrogens (primary N) is 1. The molecule has 26 heavy (non-hydrogen) atoms. The molecular formula is C24H20N2. The fraction of sp³-hybridized carbons (Fsp3) is 0.0833. The molecule has 0 spiro atoms. The molecule has 0 radical (unpaired) electrons. The second-order valence-electron chi connectivity index (χ2n) is 6.83. The fourth-order valence-electron chi connectivity index (χ4n) is 3.99. The van der Waals surface area contributed by atoms with Gasteiger partial charge in [0.05, 0.1) is 5.52 Å². The van der Waals surface area contributed by atoms with Gasteiger partial charge in [-0.15, -0.1) is 0 Å². The minimum Gasteiger partial charge on any atom is -0.399 e. The Morgan fingerprint density at radius 3 is 2.50 bits per heavy atom. The molecule has 1 aromatic heterocycles. The lowest BCUT2D eigenvalue weighted by Gasteiger charge is -2.11. The summed E-state index contributed by atoms with van der Waals surface area (Å²) in [6, 6.07) is 25.5. The van der Waals surface area contributed by atoms with Crippen LogP contribution in [-0.4, -0.2) is 4.57 Å². The van der Waals surface area contributed by atoms with Crippen LogP contribution < -0.4 is 5.73 Å². The van der Waals surface area contributed by atoms with E-state index in [2.05, 4.69) is 71.3 Å². The second kappa shape index (κ2) is 5.92. The van der Waals surface area contributed by atoms with Crippen molar-refractivity contribution in [3.05, 3.63) is 90.1 Å². The summed E-state index contributed by atoms with van der Waals surface area (Å²) in [5, 5.41) is 1.34. The Morgan fingerprint density at radius 2 is 1.65 bits per heavy atom. The minimum atomic E-state index is 0.800. The predicted octanol–water partition coefficient (Wildman–Crippen LogP) is 5.84. The fourth-order valence-corrected chi connectivity index (χ4v) is 3.99. The van der Waals surface area contributed by atoms with Crippen LogP contribution in [0.4, 0.5) is 5.69 Å². The molecule has 1 aliphatic rings. The molecular weight excluding hydrogens is 316 g/mol. The third kappa shape index (κ3) is 2.34. The molecule has 0 amide bonds. The van der Waals surface area contributed by atoms with Crippen molar-refractivity contribution in [3.63, 3.8) is 0 Å². The van der Waals surface area contributed by atoms with Crippen LogP contribution in [0.2, 0.25) is 0 Å². The summed E-state index contributed by atoms with van der Waals surface area (Å²) < 4.78 is 2.38. The standard InChI is InChI=1S/C24H20N2/c25-19-8-6-7-17(15-19)18-13-14-24-22(16-18)21-11-4-5-12-23(21)26(24)20-9-2-1-3-10-20/h1-3,5-10,12-16H,4,11,25H2. The minimum absolute atomic E-state index is 0.800. The van der Waals surface area contributed by atoms with E-state index in [0.29, 0.717) is 0 Å². The van der Waals surface area contributed by atoms with E-state index in [1.165, 1.54) is 39.0 Å². The van der Waals surface area contributed by atoms with Gasteiger partial charge in [0.2, 0.25) is 0 Å². The maximum absolute atomic E-state index is 5.99. The van der Waals surface area contributed by atoms with Crippen LogP contribution in [0, 0.1) is 0 Å². The van der Waals surface area contributed by atoms with Crippen LogP contribution >= 0.6 is 0 Å². The van der Waals surface area contributed by atoms with Crippen LogP contribution in [0.1, 0.15) is 17.7 Å². The first-order valence-corrected chi connectivity index (χ1v) is 9.06. The molecule has 0 aliphatic heterocycles. The third-order valence-corrected chi connectivity index (χ3v) is 5.18. The number of benzene rings is 3. The van der Waals surface area contributed by atoms with Crippen LogP contribution in [0.3, 0.4) is 0 Å². The van der Waals surface area contributed by atoms with Crippen LogP contribution in [0.15, 0.2) is 78.9 Å². The Hall–Kier alpha value is -3.26. The number of anilines is 1. The summed E-state index contributed by atoms with van der Waals surface area (Å²) in [6.07, 6.45) is 6.73. The van der Waals surface area contributed by atoms with Crippen molar-refractivity contribution in [2.45, 2.75) is 12.8 Å². The first-order chi connectivity index (χ1) is 12.8. The van der Waals surface area contributed by atoms with E-state index >= 15 is 0 Å². The normalized spacial score (nSPS) is 13.1. The van der Waals surface area contributed by atoms with Crippen molar-refractivity contribution in [1.29, 1.82) is 0 Å². The van der Waals surface area contributed by atoms with Gasteiger partial charge in [0.1, 0.15) is 0 Å². The van der Waals surface area contributed by atoms with E-state index in [9.17, 15) is 0 Å². The maximum atomic E-state index is 5.99. The van der Waals surface area contributed by atoms with Crippen molar-refractivity contribution >= 4 is 22.7 Å². The topological polar surface area (TPSA) is 30.9 Å². The Bertz CT molecular complexity index is 1130. The molecule has 2 nitrogen and oxygen atoms in total. The van der Waals surface area contributed by atoms with E-state index in [0.717, 1.165) is 18.5 Å². The lowest BCUT2D eigenvalue weighted by molar-refractivity contribution is 0.967. The number of hydrogen-bond acceptors (Lipinski definition) is 1. The first-order valence-electron chi connectivity index (χ1n) is 9.06. The summed E-state index contributed by atoms with van der Waals surface area (Å²) in [6.45, 7) is 0. The number of para-hydroxylation sites is 1. The molecule has 126 valence electrons. The number of fused-ring (bicyclic) bond motifs is 3. The van der Waals surface area contributed by atoms with Gasteiger partial charge in [0.25, 0.3) is 0 Å². The molecule has 5 rings (SSSR count). The monoisotopic (exact) mass is 336 g/mol. The van der Waals surface area contributed by atoms with Gasteiger partial charge in [-0.2, -0.15) is 0 Å². The summed E-state index contributed by atoms with van der Waals surface area (Å²) in [4.78, 5) is 0. The van der Waals surface area contributed by atoms with Gasteiger partial charge in [-0.1, -0.05) is 42.5 Å².